The topological polar surface area (TPSA) is 30.7 Å². The van der Waals surface area contributed by atoms with Crippen LogP contribution in [0.15, 0.2) is 237 Å². The van der Waals surface area contributed by atoms with Gasteiger partial charge in [0.05, 0.1) is 16.6 Å². The molecule has 0 saturated heterocycles. The second kappa shape index (κ2) is 15.6. The monoisotopic (exact) mass is 777 g/mol. The maximum absolute atomic E-state index is 5.58. The van der Waals surface area contributed by atoms with Gasteiger partial charge in [-0.15, -0.1) is 0 Å². The van der Waals surface area contributed by atoms with E-state index >= 15 is 0 Å². The van der Waals surface area contributed by atoms with Crippen molar-refractivity contribution in [3.8, 4) is 84.0 Å². The van der Waals surface area contributed by atoms with Crippen LogP contribution < -0.4 is 0 Å². The minimum atomic E-state index is 0.669. The Morgan fingerprint density at radius 2 is 0.656 bits per heavy atom. The second-order valence-electron chi connectivity index (χ2n) is 15.4. The van der Waals surface area contributed by atoms with E-state index < -0.39 is 0 Å². The van der Waals surface area contributed by atoms with Gasteiger partial charge in [-0.2, -0.15) is 0 Å². The van der Waals surface area contributed by atoms with E-state index in [2.05, 4.69) is 241 Å². The molecule has 11 rings (SSSR count). The van der Waals surface area contributed by atoms with Gasteiger partial charge in [0.2, 0.25) is 0 Å². The van der Waals surface area contributed by atoms with Crippen LogP contribution in [0.1, 0.15) is 0 Å². The molecule has 0 radical (unpaired) electrons. The Morgan fingerprint density at radius 3 is 1.20 bits per heavy atom. The highest BCUT2D eigenvalue weighted by Crippen LogP contribution is 2.41. The second-order valence-corrected chi connectivity index (χ2v) is 15.4. The van der Waals surface area contributed by atoms with Crippen LogP contribution in [0.2, 0.25) is 0 Å². The van der Waals surface area contributed by atoms with Crippen molar-refractivity contribution in [1.29, 1.82) is 0 Å². The van der Waals surface area contributed by atoms with Gasteiger partial charge in [-0.3, -0.25) is 4.57 Å². The first kappa shape index (κ1) is 36.0. The number of hydrogen-bond donors (Lipinski definition) is 0. The quantitative estimate of drug-likeness (QED) is 0.154. The lowest BCUT2D eigenvalue weighted by Crippen LogP contribution is -2.00. The van der Waals surface area contributed by atoms with E-state index in [-0.39, 0.29) is 0 Å². The van der Waals surface area contributed by atoms with Crippen LogP contribution in [-0.4, -0.2) is 14.5 Å². The molecule has 0 aliphatic rings. The SMILES string of the molecule is c1ccc(-c2cccc(-c3cccc(-c4cccc(-c5nc(-c6cc(-c7ccccc7)cc(-c7ccccc7)c6)c6c7ccccc7n(-c7ccccc7)c6n5)c4)c3)c2)cc1. The largest absolute Gasteiger partial charge is 0.294 e. The molecule has 9 aromatic carbocycles. The number of fused-ring (bicyclic) bond motifs is 3. The van der Waals surface area contributed by atoms with Crippen molar-refractivity contribution >= 4 is 21.9 Å². The molecular weight excluding hydrogens is 739 g/mol. The number of hydrogen-bond acceptors (Lipinski definition) is 2. The third kappa shape index (κ3) is 6.88. The Bertz CT molecular complexity index is 3280. The summed E-state index contributed by atoms with van der Waals surface area (Å²) in [4.78, 5) is 11.1. The fourth-order valence-electron chi connectivity index (χ4n) is 8.61. The van der Waals surface area contributed by atoms with Crippen molar-refractivity contribution in [1.82, 2.24) is 14.5 Å². The molecule has 61 heavy (non-hydrogen) atoms. The van der Waals surface area contributed by atoms with Gasteiger partial charge in [0.25, 0.3) is 0 Å². The lowest BCUT2D eigenvalue weighted by molar-refractivity contribution is 1.11. The summed E-state index contributed by atoms with van der Waals surface area (Å²) in [5, 5.41) is 2.13. The van der Waals surface area contributed by atoms with Crippen molar-refractivity contribution in [2.45, 2.75) is 0 Å². The zero-order chi connectivity index (χ0) is 40.5. The first-order chi connectivity index (χ1) is 30.2. The molecule has 0 fully saturated rings. The van der Waals surface area contributed by atoms with Gasteiger partial charge >= 0.3 is 0 Å². The smallest absolute Gasteiger partial charge is 0.162 e. The van der Waals surface area contributed by atoms with Gasteiger partial charge in [-0.25, -0.2) is 9.97 Å². The van der Waals surface area contributed by atoms with E-state index in [1.807, 2.05) is 0 Å². The molecule has 3 nitrogen and oxygen atoms in total. The van der Waals surface area contributed by atoms with Gasteiger partial charge < -0.3 is 0 Å². The molecule has 0 aliphatic heterocycles. The molecule has 0 aliphatic carbocycles. The molecule has 286 valence electrons. The number of para-hydroxylation sites is 2. The fraction of sp³-hybridized carbons (Fsp3) is 0. The molecular formula is C58H39N3. The molecule has 0 atom stereocenters. The predicted octanol–water partition coefficient (Wildman–Crippen LogP) is 15.2. The van der Waals surface area contributed by atoms with Crippen LogP contribution in [-0.2, 0) is 0 Å². The summed E-state index contributed by atoms with van der Waals surface area (Å²) in [5.41, 5.74) is 17.4. The molecule has 0 amide bonds. The molecule has 0 spiro atoms. The summed E-state index contributed by atoms with van der Waals surface area (Å²) in [5.74, 6) is 0.669. The summed E-state index contributed by atoms with van der Waals surface area (Å²) in [6.45, 7) is 0. The van der Waals surface area contributed by atoms with Crippen molar-refractivity contribution in [3.05, 3.63) is 237 Å². The lowest BCUT2D eigenvalue weighted by Gasteiger charge is -2.14. The number of nitrogens with zero attached hydrogens (tertiary/aromatic N) is 3. The first-order valence-electron chi connectivity index (χ1n) is 20.7. The van der Waals surface area contributed by atoms with Gasteiger partial charge in [0.1, 0.15) is 5.65 Å². The molecule has 0 bridgehead atoms. The normalized spacial score (nSPS) is 11.3. The van der Waals surface area contributed by atoms with E-state index in [0.717, 1.165) is 77.8 Å². The third-order valence-electron chi connectivity index (χ3n) is 11.6. The fourth-order valence-corrected chi connectivity index (χ4v) is 8.61. The van der Waals surface area contributed by atoms with Crippen LogP contribution in [0.5, 0.6) is 0 Å². The molecule has 0 N–H and O–H groups in total. The Hall–Kier alpha value is -8.14. The maximum atomic E-state index is 5.58. The molecule has 0 unspecified atom stereocenters. The van der Waals surface area contributed by atoms with E-state index in [0.29, 0.717) is 5.82 Å². The molecule has 11 aromatic rings. The van der Waals surface area contributed by atoms with Crippen LogP contribution in [0.4, 0.5) is 0 Å². The number of rotatable bonds is 8. The van der Waals surface area contributed by atoms with Crippen LogP contribution in [0.3, 0.4) is 0 Å². The van der Waals surface area contributed by atoms with Gasteiger partial charge in [-0.1, -0.05) is 182 Å². The molecule has 2 heterocycles. The minimum absolute atomic E-state index is 0.669. The highest BCUT2D eigenvalue weighted by molar-refractivity contribution is 6.14. The highest BCUT2D eigenvalue weighted by atomic mass is 15.1. The zero-order valence-corrected chi connectivity index (χ0v) is 33.4. The lowest BCUT2D eigenvalue weighted by atomic mass is 9.94. The number of benzene rings is 9. The van der Waals surface area contributed by atoms with Crippen LogP contribution in [0.25, 0.3) is 106 Å². The van der Waals surface area contributed by atoms with Crippen molar-refractivity contribution in [3.63, 3.8) is 0 Å². The summed E-state index contributed by atoms with van der Waals surface area (Å²) < 4.78 is 2.29. The van der Waals surface area contributed by atoms with Crippen LogP contribution >= 0.6 is 0 Å². The first-order valence-corrected chi connectivity index (χ1v) is 20.7. The predicted molar refractivity (Wildman–Crippen MR) is 254 cm³/mol. The van der Waals surface area contributed by atoms with E-state index in [1.54, 1.807) is 0 Å². The summed E-state index contributed by atoms with van der Waals surface area (Å²) >= 11 is 0. The average Bonchev–Trinajstić information content (AvgIpc) is 3.69. The van der Waals surface area contributed by atoms with E-state index in [9.17, 15) is 0 Å². The van der Waals surface area contributed by atoms with Crippen molar-refractivity contribution in [2.75, 3.05) is 0 Å². The van der Waals surface area contributed by atoms with E-state index in [4.69, 9.17) is 9.97 Å². The molecule has 3 heteroatoms. The average molecular weight is 778 g/mol. The van der Waals surface area contributed by atoms with E-state index in [1.165, 1.54) is 22.3 Å². The summed E-state index contributed by atoms with van der Waals surface area (Å²) in [6.07, 6.45) is 0. The van der Waals surface area contributed by atoms with Gasteiger partial charge in [0, 0.05) is 22.2 Å². The van der Waals surface area contributed by atoms with Crippen molar-refractivity contribution < 1.29 is 0 Å². The number of aromatic nitrogens is 3. The Balaban J connectivity index is 1.11. The maximum Gasteiger partial charge on any atom is 0.162 e. The Morgan fingerprint density at radius 1 is 0.279 bits per heavy atom. The zero-order valence-electron chi connectivity index (χ0n) is 33.4. The molecule has 2 aromatic heterocycles. The van der Waals surface area contributed by atoms with Gasteiger partial charge in [-0.05, 0) is 110 Å². The van der Waals surface area contributed by atoms with Crippen LogP contribution in [0, 0.1) is 0 Å². The standard InChI is InChI=1S/C58H39N3/c1-5-18-40(19-6-1)43-24-15-25-44(34-43)45-26-16-27-46(35-45)47-28-17-29-48(36-47)57-59-56(55-53-32-13-14-33-54(53)61(58(55)60-57)52-30-11-4-12-31-52)51-38-49(41-20-7-2-8-21-41)37-50(39-51)42-22-9-3-10-23-42/h1-39H. The third-order valence-corrected chi connectivity index (χ3v) is 11.6. The van der Waals surface area contributed by atoms with Crippen molar-refractivity contribution in [2.24, 2.45) is 0 Å². The van der Waals surface area contributed by atoms with Gasteiger partial charge in [0.15, 0.2) is 5.82 Å². The summed E-state index contributed by atoms with van der Waals surface area (Å²) in [6, 6.07) is 84.1. The summed E-state index contributed by atoms with van der Waals surface area (Å²) in [7, 11) is 0. The minimum Gasteiger partial charge on any atom is -0.294 e. The highest BCUT2D eigenvalue weighted by Gasteiger charge is 2.22. The Kier molecular flexibility index (Phi) is 9.18. The Labute approximate surface area is 355 Å². The molecule has 0 saturated carbocycles.